The highest BCUT2D eigenvalue weighted by molar-refractivity contribution is 7.89. The second-order valence-electron chi connectivity index (χ2n) is 4.33. The number of hydrogen-bond acceptors (Lipinski definition) is 3. The summed E-state index contributed by atoms with van der Waals surface area (Å²) in [6.45, 7) is 0.147. The molecule has 1 saturated heterocycles. The van der Waals surface area contributed by atoms with Crippen LogP contribution in [-0.2, 0) is 16.2 Å². The molecule has 1 N–H and O–H groups in total. The van der Waals surface area contributed by atoms with Gasteiger partial charge in [-0.1, -0.05) is 0 Å². The van der Waals surface area contributed by atoms with Crippen molar-refractivity contribution >= 4 is 10.0 Å². The number of aliphatic hydroxyl groups excluding tert-OH is 1. The lowest BCUT2D eigenvalue weighted by atomic mass is 10.2. The summed E-state index contributed by atoms with van der Waals surface area (Å²) in [5.74, 6) is 0. The third kappa shape index (κ3) is 2.90. The van der Waals surface area contributed by atoms with Gasteiger partial charge in [0.1, 0.15) is 0 Å². The van der Waals surface area contributed by atoms with E-state index < -0.39 is 27.9 Å². The summed E-state index contributed by atoms with van der Waals surface area (Å²) >= 11 is 0. The molecule has 4 nitrogen and oxygen atoms in total. The van der Waals surface area contributed by atoms with Crippen LogP contribution in [0.5, 0.6) is 0 Å². The van der Waals surface area contributed by atoms with Gasteiger partial charge in [-0.25, -0.2) is 8.42 Å². The lowest BCUT2D eigenvalue weighted by Gasteiger charge is -2.16. The lowest BCUT2D eigenvalue weighted by molar-refractivity contribution is -0.137. The predicted octanol–water partition coefficient (Wildman–Crippen LogP) is 1.46. The first-order valence-corrected chi connectivity index (χ1v) is 7.01. The van der Waals surface area contributed by atoms with Crippen molar-refractivity contribution in [2.24, 2.45) is 0 Å². The standard InChI is InChI=1S/C11H12F3NO3S/c12-11(13,14)8-1-3-10(4-2-8)19(17,18)15-6-5-9(16)7-15/h1-4,9,16H,5-7H2. The van der Waals surface area contributed by atoms with Gasteiger partial charge in [0.15, 0.2) is 0 Å². The van der Waals surface area contributed by atoms with Crippen LogP contribution in [0.25, 0.3) is 0 Å². The number of benzene rings is 1. The number of alkyl halides is 3. The molecule has 1 fully saturated rings. The normalized spacial score (nSPS) is 21.8. The van der Waals surface area contributed by atoms with E-state index in [-0.39, 0.29) is 18.0 Å². The van der Waals surface area contributed by atoms with E-state index in [0.717, 1.165) is 28.6 Å². The lowest BCUT2D eigenvalue weighted by Crippen LogP contribution is -2.29. The molecule has 0 amide bonds. The molecule has 1 heterocycles. The van der Waals surface area contributed by atoms with Gasteiger partial charge in [0.25, 0.3) is 0 Å². The number of rotatable bonds is 2. The third-order valence-corrected chi connectivity index (χ3v) is 4.82. The molecule has 1 aromatic rings. The van der Waals surface area contributed by atoms with Crippen molar-refractivity contribution in [3.05, 3.63) is 29.8 Å². The van der Waals surface area contributed by atoms with E-state index >= 15 is 0 Å². The molecule has 1 atom stereocenters. The molecule has 0 radical (unpaired) electrons. The Kier molecular flexibility index (Phi) is 3.59. The third-order valence-electron chi connectivity index (χ3n) is 2.95. The van der Waals surface area contributed by atoms with Crippen molar-refractivity contribution in [1.29, 1.82) is 0 Å². The minimum Gasteiger partial charge on any atom is -0.392 e. The first-order chi connectivity index (χ1) is 8.71. The summed E-state index contributed by atoms with van der Waals surface area (Å²) in [7, 11) is -3.83. The first kappa shape index (κ1) is 14.3. The van der Waals surface area contributed by atoms with Crippen molar-refractivity contribution in [1.82, 2.24) is 4.31 Å². The second-order valence-corrected chi connectivity index (χ2v) is 6.27. The van der Waals surface area contributed by atoms with Crippen LogP contribution in [-0.4, -0.2) is 37.0 Å². The molecule has 1 aliphatic rings. The van der Waals surface area contributed by atoms with Crippen LogP contribution in [0.4, 0.5) is 13.2 Å². The summed E-state index contributed by atoms with van der Waals surface area (Å²) in [6.07, 6.45) is -4.88. The van der Waals surface area contributed by atoms with E-state index in [9.17, 15) is 26.7 Å². The van der Waals surface area contributed by atoms with Gasteiger partial charge in [-0.05, 0) is 30.7 Å². The Bertz CT molecular complexity index is 554. The first-order valence-electron chi connectivity index (χ1n) is 5.57. The van der Waals surface area contributed by atoms with E-state index in [4.69, 9.17) is 0 Å². The zero-order chi connectivity index (χ0) is 14.3. The molecule has 8 heteroatoms. The fraction of sp³-hybridized carbons (Fsp3) is 0.455. The van der Waals surface area contributed by atoms with Crippen molar-refractivity contribution < 1.29 is 26.7 Å². The molecule has 0 saturated carbocycles. The van der Waals surface area contributed by atoms with Gasteiger partial charge in [-0.2, -0.15) is 17.5 Å². The molecule has 1 unspecified atom stereocenters. The summed E-state index contributed by atoms with van der Waals surface area (Å²) in [5.41, 5.74) is -0.895. The topological polar surface area (TPSA) is 57.6 Å². The highest BCUT2D eigenvalue weighted by atomic mass is 32.2. The smallest absolute Gasteiger partial charge is 0.392 e. The Morgan fingerprint density at radius 2 is 1.79 bits per heavy atom. The number of sulfonamides is 1. The Hall–Kier alpha value is -1.12. The van der Waals surface area contributed by atoms with Gasteiger partial charge in [-0.3, -0.25) is 0 Å². The van der Waals surface area contributed by atoms with Gasteiger partial charge in [0.05, 0.1) is 16.6 Å². The number of nitrogens with zero attached hydrogens (tertiary/aromatic N) is 1. The van der Waals surface area contributed by atoms with E-state index in [0.29, 0.717) is 6.42 Å². The summed E-state index contributed by atoms with van der Waals surface area (Å²) in [6, 6.07) is 3.34. The van der Waals surface area contributed by atoms with E-state index in [1.807, 2.05) is 0 Å². The van der Waals surface area contributed by atoms with Gasteiger partial charge >= 0.3 is 6.18 Å². The Morgan fingerprint density at radius 1 is 1.21 bits per heavy atom. The van der Waals surface area contributed by atoms with Crippen molar-refractivity contribution in [2.45, 2.75) is 23.6 Å². The molecular formula is C11H12F3NO3S. The fourth-order valence-electron chi connectivity index (χ4n) is 1.89. The predicted molar refractivity (Wildman–Crippen MR) is 60.8 cm³/mol. The van der Waals surface area contributed by atoms with E-state index in [2.05, 4.69) is 0 Å². The van der Waals surface area contributed by atoms with Crippen molar-refractivity contribution in [3.63, 3.8) is 0 Å². The summed E-state index contributed by atoms with van der Waals surface area (Å²) in [4.78, 5) is -0.199. The minimum absolute atomic E-state index is 0.0244. The Labute approximate surface area is 108 Å². The van der Waals surface area contributed by atoms with Crippen molar-refractivity contribution in [2.75, 3.05) is 13.1 Å². The summed E-state index contributed by atoms with van der Waals surface area (Å²) < 4.78 is 62.3. The van der Waals surface area contributed by atoms with Gasteiger partial charge in [-0.15, -0.1) is 0 Å². The second kappa shape index (κ2) is 4.77. The molecule has 0 bridgehead atoms. The quantitative estimate of drug-likeness (QED) is 0.898. The Morgan fingerprint density at radius 3 is 2.21 bits per heavy atom. The minimum atomic E-state index is -4.49. The fourth-order valence-corrected chi connectivity index (χ4v) is 3.39. The number of halogens is 3. The molecule has 2 rings (SSSR count). The number of hydrogen-bond donors (Lipinski definition) is 1. The molecule has 19 heavy (non-hydrogen) atoms. The highest BCUT2D eigenvalue weighted by Crippen LogP contribution is 2.30. The van der Waals surface area contributed by atoms with Crippen LogP contribution in [0, 0.1) is 0 Å². The van der Waals surface area contributed by atoms with Crippen LogP contribution in [0.1, 0.15) is 12.0 Å². The molecule has 0 spiro atoms. The average molecular weight is 295 g/mol. The van der Waals surface area contributed by atoms with Crippen molar-refractivity contribution in [3.8, 4) is 0 Å². The molecule has 0 aromatic heterocycles. The molecule has 1 aromatic carbocycles. The van der Waals surface area contributed by atoms with Crippen LogP contribution in [0.15, 0.2) is 29.2 Å². The summed E-state index contributed by atoms with van der Waals surface area (Å²) in [5, 5.41) is 9.31. The zero-order valence-corrected chi connectivity index (χ0v) is 10.6. The molecule has 106 valence electrons. The molecular weight excluding hydrogens is 283 g/mol. The maximum atomic E-state index is 12.4. The van der Waals surface area contributed by atoms with Gasteiger partial charge < -0.3 is 5.11 Å². The van der Waals surface area contributed by atoms with Gasteiger partial charge in [0.2, 0.25) is 10.0 Å². The van der Waals surface area contributed by atoms with Crippen LogP contribution in [0.3, 0.4) is 0 Å². The zero-order valence-electron chi connectivity index (χ0n) is 9.76. The average Bonchev–Trinajstić information content (AvgIpc) is 2.76. The van der Waals surface area contributed by atoms with Crippen LogP contribution >= 0.6 is 0 Å². The van der Waals surface area contributed by atoms with Crippen LogP contribution in [0.2, 0.25) is 0 Å². The van der Waals surface area contributed by atoms with E-state index in [1.165, 1.54) is 0 Å². The number of β-amino-alcohol motifs (C(OH)–C–C–N with tert-alkyl or cyclic N) is 1. The molecule has 0 aliphatic carbocycles. The SMILES string of the molecule is O=S(=O)(c1ccc(C(F)(F)F)cc1)N1CCC(O)C1. The molecule has 1 aliphatic heterocycles. The Balaban J connectivity index is 2.27. The van der Waals surface area contributed by atoms with E-state index in [1.54, 1.807) is 0 Å². The monoisotopic (exact) mass is 295 g/mol. The highest BCUT2D eigenvalue weighted by Gasteiger charge is 2.33. The maximum Gasteiger partial charge on any atom is 0.416 e. The van der Waals surface area contributed by atoms with Crippen LogP contribution < -0.4 is 0 Å². The largest absolute Gasteiger partial charge is 0.416 e. The maximum absolute atomic E-state index is 12.4. The number of aliphatic hydroxyl groups is 1. The van der Waals surface area contributed by atoms with Gasteiger partial charge in [0, 0.05) is 13.1 Å².